The molecule has 2 aliphatic rings. The van der Waals surface area contributed by atoms with Gasteiger partial charge in [0.15, 0.2) is 10.6 Å². The lowest BCUT2D eigenvalue weighted by Crippen LogP contribution is -2.57. The third-order valence-corrected chi connectivity index (χ3v) is 14.8. The van der Waals surface area contributed by atoms with Crippen molar-refractivity contribution in [2.24, 2.45) is 0 Å². The molecule has 16 nitrogen and oxygen atoms in total. The summed E-state index contributed by atoms with van der Waals surface area (Å²) in [5, 5.41) is 24.9. The van der Waals surface area contributed by atoms with Gasteiger partial charge in [-0.15, -0.1) is 11.3 Å². The second-order valence-corrected chi connectivity index (χ2v) is 19.2. The molecule has 1 aliphatic carbocycles. The van der Waals surface area contributed by atoms with Gasteiger partial charge >= 0.3 is 6.09 Å². The molecule has 0 bridgehead atoms. The number of nitro groups is 1. The largest absolute Gasteiger partial charge is 0.445 e. The second kappa shape index (κ2) is 18.9. The van der Waals surface area contributed by atoms with E-state index in [0.717, 1.165) is 38.5 Å². The summed E-state index contributed by atoms with van der Waals surface area (Å²) in [5.41, 5.74) is 1.29. The molecule has 1 saturated heterocycles. The molecule has 334 valence electrons. The van der Waals surface area contributed by atoms with Crippen molar-refractivity contribution in [3.05, 3.63) is 136 Å². The van der Waals surface area contributed by atoms with Crippen LogP contribution < -0.4 is 4.31 Å². The Morgan fingerprint density at radius 3 is 2.48 bits per heavy atom. The van der Waals surface area contributed by atoms with E-state index in [4.69, 9.17) is 14.5 Å². The number of carbonyl (C=O) groups excluding carboxylic acids is 2. The Labute approximate surface area is 374 Å². The minimum Gasteiger partial charge on any atom is -0.445 e. The molecule has 0 radical (unpaired) electrons. The van der Waals surface area contributed by atoms with E-state index in [0.29, 0.717) is 29.6 Å². The minimum atomic E-state index is -4.60. The first-order valence-corrected chi connectivity index (χ1v) is 23.4. The number of aryl methyl sites for hydroxylation is 1. The van der Waals surface area contributed by atoms with Gasteiger partial charge in [-0.05, 0) is 56.0 Å². The molecule has 3 atom stereocenters. The number of rotatable bonds is 14. The highest BCUT2D eigenvalue weighted by molar-refractivity contribution is 7.93. The van der Waals surface area contributed by atoms with Crippen molar-refractivity contribution in [2.45, 2.75) is 68.2 Å². The number of hydrogen-bond donors (Lipinski definition) is 1. The van der Waals surface area contributed by atoms with Crippen molar-refractivity contribution in [2.75, 3.05) is 44.2 Å². The number of fused-ring (bicyclic) bond motifs is 1. The Bertz CT molecular complexity index is 2750. The topological polar surface area (TPSA) is 191 Å². The lowest BCUT2D eigenvalue weighted by molar-refractivity contribution is -0.387. The summed E-state index contributed by atoms with van der Waals surface area (Å²) in [4.78, 5) is 52.3. The van der Waals surface area contributed by atoms with Gasteiger partial charge in [0.1, 0.15) is 12.2 Å². The third kappa shape index (κ3) is 9.08. The van der Waals surface area contributed by atoms with Crippen LogP contribution in [-0.4, -0.2) is 106 Å². The maximum absolute atomic E-state index is 15.2. The van der Waals surface area contributed by atoms with Crippen LogP contribution in [0.5, 0.6) is 0 Å². The number of benzene rings is 4. The number of nitro benzene ring substituents is 1. The number of ether oxygens (including phenoxy) is 2. The zero-order valence-corrected chi connectivity index (χ0v) is 37.1. The Morgan fingerprint density at radius 1 is 1.00 bits per heavy atom. The molecule has 1 saturated carbocycles. The van der Waals surface area contributed by atoms with Gasteiger partial charge in [0, 0.05) is 44.9 Å². The molecule has 64 heavy (non-hydrogen) atoms. The maximum Gasteiger partial charge on any atom is 0.410 e. The van der Waals surface area contributed by atoms with Gasteiger partial charge in [-0.1, -0.05) is 85.6 Å². The summed E-state index contributed by atoms with van der Waals surface area (Å²) in [5.74, 6) is -0.444. The van der Waals surface area contributed by atoms with E-state index in [-0.39, 0.29) is 57.2 Å². The maximum atomic E-state index is 15.2. The molecule has 1 N–H and O–H groups in total. The predicted octanol–water partition coefficient (Wildman–Crippen LogP) is 7.62. The van der Waals surface area contributed by atoms with Crippen molar-refractivity contribution >= 4 is 55.0 Å². The summed E-state index contributed by atoms with van der Waals surface area (Å²) >= 11 is 1.38. The van der Waals surface area contributed by atoms with Crippen molar-refractivity contribution in [1.29, 1.82) is 0 Å². The highest BCUT2D eigenvalue weighted by atomic mass is 32.2. The highest BCUT2D eigenvalue weighted by Crippen LogP contribution is 2.41. The molecule has 0 unspecified atom stereocenters. The molecular weight excluding hydrogens is 859 g/mol. The van der Waals surface area contributed by atoms with E-state index < -0.39 is 55.2 Å². The Kier molecular flexibility index (Phi) is 13.1. The van der Waals surface area contributed by atoms with Crippen LogP contribution in [0.25, 0.3) is 21.5 Å². The number of anilines is 1. The van der Waals surface area contributed by atoms with Crippen LogP contribution in [0, 0.1) is 17.0 Å². The number of hydrogen-bond acceptors (Lipinski definition) is 12. The zero-order chi connectivity index (χ0) is 45.0. The Hall–Kier alpha value is -6.21. The van der Waals surface area contributed by atoms with E-state index >= 15 is 4.79 Å². The summed E-state index contributed by atoms with van der Waals surface area (Å²) in [6, 6.07) is 27.6. The van der Waals surface area contributed by atoms with Crippen LogP contribution in [0.4, 0.5) is 16.2 Å². The number of piperazine rings is 1. The zero-order valence-electron chi connectivity index (χ0n) is 35.5. The highest BCUT2D eigenvalue weighted by Gasteiger charge is 2.43. The van der Waals surface area contributed by atoms with Crippen LogP contribution in [0.2, 0.25) is 0 Å². The van der Waals surface area contributed by atoms with E-state index in [9.17, 15) is 28.4 Å². The fourth-order valence-corrected chi connectivity index (χ4v) is 11.4. The number of thiazole rings is 1. The molecule has 6 aromatic rings. The first kappa shape index (κ1) is 44.4. The average Bonchev–Trinajstić information content (AvgIpc) is 3.91. The van der Waals surface area contributed by atoms with Crippen molar-refractivity contribution in [1.82, 2.24) is 24.3 Å². The van der Waals surface area contributed by atoms with Gasteiger partial charge < -0.3 is 28.9 Å². The third-order valence-electron chi connectivity index (χ3n) is 12.0. The molecule has 4 aromatic carbocycles. The average molecular weight is 908 g/mol. The van der Waals surface area contributed by atoms with Crippen LogP contribution >= 0.6 is 11.3 Å². The fraction of sp³-hybridized carbons (Fsp3) is 0.348. The molecule has 8 rings (SSSR count). The van der Waals surface area contributed by atoms with Gasteiger partial charge in [0.2, 0.25) is 0 Å². The number of amides is 2. The van der Waals surface area contributed by atoms with E-state index in [1.54, 1.807) is 36.5 Å². The number of methoxy groups -OCH3 is 1. The fourth-order valence-electron chi connectivity index (χ4n) is 8.92. The van der Waals surface area contributed by atoms with Crippen molar-refractivity contribution in [3.8, 4) is 11.3 Å². The molecule has 0 spiro atoms. The molecule has 3 heterocycles. The lowest BCUT2D eigenvalue weighted by atomic mass is 9.80. The molecule has 1 aliphatic heterocycles. The summed E-state index contributed by atoms with van der Waals surface area (Å²) < 4.78 is 44.5. The van der Waals surface area contributed by atoms with E-state index in [1.807, 2.05) is 72.2 Å². The smallest absolute Gasteiger partial charge is 0.410 e. The monoisotopic (exact) mass is 907 g/mol. The molecule has 2 amide bonds. The van der Waals surface area contributed by atoms with Crippen LogP contribution in [0.15, 0.2) is 114 Å². The molecule has 18 heteroatoms. The Balaban J connectivity index is 1.18. The lowest BCUT2D eigenvalue weighted by Gasteiger charge is -2.42. The number of nitrogens with zero attached hydrogens (tertiary/aromatic N) is 7. The minimum absolute atomic E-state index is 0.00537. The van der Waals surface area contributed by atoms with Gasteiger partial charge in [0.05, 0.1) is 56.5 Å². The number of aromatic nitrogens is 3. The first-order valence-electron chi connectivity index (χ1n) is 21.1. The summed E-state index contributed by atoms with van der Waals surface area (Å²) in [7, 11) is -3.05. The predicted molar refractivity (Wildman–Crippen MR) is 242 cm³/mol. The van der Waals surface area contributed by atoms with Crippen LogP contribution in [0.1, 0.15) is 59.2 Å². The molecule has 2 fully saturated rings. The standard InChI is InChI=1S/C46H49N7O9S2/c1-32-48-37-21-20-35(27-39(37)63-32)52(64(59,60)40-18-10-9-17-38(40)53(57)58)24-22-36-28-49(45(55)62-29-33-13-5-3-6-14-33)25-26-50(36)44(54)42-43(34-15-7-4-8-16-34)51(31-47-42)41-19-11-12-23-46(41,56)30-61-2/h3-10,13-18,20-21,27,31,36,41,56H,11-12,19,22-26,28-30H2,1-2H3/t36-,41-,46-/m1/s1. The van der Waals surface area contributed by atoms with Gasteiger partial charge in [-0.25, -0.2) is 23.2 Å². The number of imidazole rings is 1. The Morgan fingerprint density at radius 2 is 1.73 bits per heavy atom. The molecular formula is C46H49N7O9S2. The van der Waals surface area contributed by atoms with Crippen molar-refractivity contribution < 1.29 is 37.5 Å². The van der Waals surface area contributed by atoms with E-state index in [2.05, 4.69) is 4.98 Å². The van der Waals surface area contributed by atoms with Gasteiger partial charge in [-0.2, -0.15) is 0 Å². The van der Waals surface area contributed by atoms with Crippen molar-refractivity contribution in [3.63, 3.8) is 0 Å². The second-order valence-electron chi connectivity index (χ2n) is 16.1. The molecule has 2 aromatic heterocycles. The number of sulfonamides is 1. The van der Waals surface area contributed by atoms with Gasteiger partial charge in [-0.3, -0.25) is 19.2 Å². The normalized spacial score (nSPS) is 19.1. The van der Waals surface area contributed by atoms with Gasteiger partial charge in [0.25, 0.3) is 21.6 Å². The number of para-hydroxylation sites is 1. The van der Waals surface area contributed by atoms with Crippen LogP contribution in [0.3, 0.4) is 0 Å². The SMILES string of the molecule is COC[C@]1(O)CCCC[C@H]1n1cnc(C(=O)N2CCN(C(=O)OCc3ccccc3)C[C@H]2CCN(c2ccc3nc(C)sc3c2)S(=O)(=O)c2ccccc2[N+](=O)[O-])c1-c1ccccc1. The number of carbonyl (C=O) groups is 2. The van der Waals surface area contributed by atoms with Crippen LogP contribution in [-0.2, 0) is 26.1 Å². The number of aliphatic hydroxyl groups is 1. The summed E-state index contributed by atoms with van der Waals surface area (Å²) in [6.45, 7) is 1.91. The van der Waals surface area contributed by atoms with E-state index in [1.165, 1.54) is 34.4 Å². The first-order chi connectivity index (χ1) is 30.9. The quantitative estimate of drug-likeness (QED) is 0.0836. The summed E-state index contributed by atoms with van der Waals surface area (Å²) in [6.07, 6.45) is 3.82.